The zero-order chi connectivity index (χ0) is 41.0. The quantitative estimate of drug-likeness (QED) is 0.162. The van der Waals surface area contributed by atoms with Crippen molar-refractivity contribution in [1.82, 2.24) is 24.1 Å². The highest BCUT2D eigenvalue weighted by molar-refractivity contribution is 6.26. The molecule has 0 saturated carbocycles. The van der Waals surface area contributed by atoms with E-state index in [1.54, 1.807) is 0 Å². The van der Waals surface area contributed by atoms with E-state index in [1.165, 1.54) is 49.3 Å². The van der Waals surface area contributed by atoms with Crippen LogP contribution in [-0.2, 0) is 0 Å². The second kappa shape index (κ2) is 14.7. The number of benzene rings is 9. The van der Waals surface area contributed by atoms with Crippen LogP contribution in [0.1, 0.15) is 0 Å². The highest BCUT2D eigenvalue weighted by atomic mass is 15.0. The number of aromatic nitrogens is 5. The molecule has 0 unspecified atom stereocenters. The molecule has 0 N–H and O–H groups in total. The van der Waals surface area contributed by atoms with Crippen LogP contribution in [0.4, 0.5) is 0 Å². The Balaban J connectivity index is 1.11. The summed E-state index contributed by atoms with van der Waals surface area (Å²) in [6.07, 6.45) is 0. The number of rotatable bonds is 7. The van der Waals surface area contributed by atoms with Gasteiger partial charge in [-0.25, -0.2) is 15.0 Å². The minimum absolute atomic E-state index is 0.621. The van der Waals surface area contributed by atoms with Crippen molar-refractivity contribution in [3.05, 3.63) is 224 Å². The maximum absolute atomic E-state index is 5.08. The van der Waals surface area contributed by atoms with Crippen molar-refractivity contribution in [3.63, 3.8) is 0 Å². The lowest BCUT2D eigenvalue weighted by Gasteiger charge is -2.17. The number of fused-ring (bicyclic) bond motifs is 7. The van der Waals surface area contributed by atoms with Crippen LogP contribution in [-0.4, -0.2) is 24.1 Å². The van der Waals surface area contributed by atoms with Crippen LogP contribution >= 0.6 is 0 Å². The van der Waals surface area contributed by atoms with Crippen molar-refractivity contribution in [2.24, 2.45) is 0 Å². The molecule has 12 rings (SSSR count). The van der Waals surface area contributed by atoms with E-state index in [9.17, 15) is 0 Å². The van der Waals surface area contributed by atoms with Gasteiger partial charge >= 0.3 is 0 Å². The molecule has 5 nitrogen and oxygen atoms in total. The van der Waals surface area contributed by atoms with Crippen LogP contribution in [0.3, 0.4) is 0 Å². The summed E-state index contributed by atoms with van der Waals surface area (Å²) >= 11 is 0. The van der Waals surface area contributed by atoms with Crippen LogP contribution in [0.2, 0.25) is 0 Å². The molecule has 0 radical (unpaired) electrons. The Morgan fingerprint density at radius 1 is 0.290 bits per heavy atom. The predicted molar refractivity (Wildman–Crippen MR) is 256 cm³/mol. The van der Waals surface area contributed by atoms with Crippen molar-refractivity contribution >= 4 is 43.6 Å². The topological polar surface area (TPSA) is 48.5 Å². The molecular formula is C57H37N5. The lowest BCUT2D eigenvalue weighted by Crippen LogP contribution is -2.01. The van der Waals surface area contributed by atoms with Crippen molar-refractivity contribution in [3.8, 4) is 67.8 Å². The monoisotopic (exact) mass is 791 g/mol. The number of hydrogen-bond donors (Lipinski definition) is 0. The second-order valence-electron chi connectivity index (χ2n) is 15.6. The van der Waals surface area contributed by atoms with E-state index in [0.717, 1.165) is 44.6 Å². The summed E-state index contributed by atoms with van der Waals surface area (Å²) in [4.78, 5) is 15.1. The highest BCUT2D eigenvalue weighted by Gasteiger charge is 2.23. The number of para-hydroxylation sites is 2. The lowest BCUT2D eigenvalue weighted by molar-refractivity contribution is 1.07. The summed E-state index contributed by atoms with van der Waals surface area (Å²) in [6, 6.07) is 79.4. The molecule has 0 aliphatic rings. The van der Waals surface area contributed by atoms with Gasteiger partial charge in [-0.15, -0.1) is 0 Å². The Morgan fingerprint density at radius 2 is 0.806 bits per heavy atom. The van der Waals surface area contributed by atoms with E-state index in [0.29, 0.717) is 17.5 Å². The van der Waals surface area contributed by atoms with Gasteiger partial charge in [-0.1, -0.05) is 182 Å². The fourth-order valence-electron chi connectivity index (χ4n) is 9.15. The van der Waals surface area contributed by atoms with Gasteiger partial charge in [0.05, 0.1) is 27.8 Å². The van der Waals surface area contributed by atoms with Gasteiger partial charge in [-0.3, -0.25) is 0 Å². The van der Waals surface area contributed by atoms with Gasteiger partial charge in [-0.2, -0.15) is 0 Å². The smallest absolute Gasteiger partial charge is 0.164 e. The first kappa shape index (κ1) is 35.5. The molecule has 0 amide bonds. The van der Waals surface area contributed by atoms with Crippen molar-refractivity contribution < 1.29 is 0 Å². The Kier molecular flexibility index (Phi) is 8.42. The van der Waals surface area contributed by atoms with E-state index in [4.69, 9.17) is 15.0 Å². The van der Waals surface area contributed by atoms with Gasteiger partial charge < -0.3 is 9.13 Å². The Morgan fingerprint density at radius 3 is 1.45 bits per heavy atom. The molecule has 3 aromatic heterocycles. The zero-order valence-electron chi connectivity index (χ0n) is 33.6. The molecule has 5 heteroatoms. The molecule has 0 atom stereocenters. The van der Waals surface area contributed by atoms with Crippen molar-refractivity contribution in [2.45, 2.75) is 0 Å². The lowest BCUT2D eigenvalue weighted by atomic mass is 9.97. The fraction of sp³-hybridized carbons (Fsp3) is 0. The molecule has 0 saturated heterocycles. The SMILES string of the molecule is c1ccc(-c2ccc(-n3c4ccccc4c4ccc5c(c6ccccc6n5-c5cccc(-c6nc(-c7ccccc7)nc(-c7ccccc7)n6)c5)c43)c(-c3ccccc3)c2)cc1. The van der Waals surface area contributed by atoms with Gasteiger partial charge in [0.15, 0.2) is 17.5 Å². The molecule has 0 bridgehead atoms. The molecule has 0 fully saturated rings. The first-order chi connectivity index (χ1) is 30.8. The molecule has 0 spiro atoms. The Hall–Kier alpha value is -8.41. The van der Waals surface area contributed by atoms with Crippen LogP contribution in [0.15, 0.2) is 224 Å². The maximum atomic E-state index is 5.08. The average molecular weight is 792 g/mol. The van der Waals surface area contributed by atoms with Gasteiger partial charge in [-0.05, 0) is 59.2 Å². The Bertz CT molecular complexity index is 3550. The third-order valence-corrected chi connectivity index (χ3v) is 12.0. The van der Waals surface area contributed by atoms with E-state index in [2.05, 4.69) is 173 Å². The Labute approximate surface area is 358 Å². The van der Waals surface area contributed by atoms with E-state index in [1.807, 2.05) is 60.7 Å². The van der Waals surface area contributed by atoms with Crippen molar-refractivity contribution in [1.29, 1.82) is 0 Å². The van der Waals surface area contributed by atoms with E-state index < -0.39 is 0 Å². The number of hydrogen-bond acceptors (Lipinski definition) is 3. The molecule has 0 aliphatic carbocycles. The van der Waals surface area contributed by atoms with Gasteiger partial charge in [0.1, 0.15) is 0 Å². The van der Waals surface area contributed by atoms with E-state index in [-0.39, 0.29) is 0 Å². The molecule has 9 aromatic carbocycles. The average Bonchev–Trinajstić information content (AvgIpc) is 3.88. The maximum Gasteiger partial charge on any atom is 0.164 e. The highest BCUT2D eigenvalue weighted by Crippen LogP contribution is 2.44. The summed E-state index contributed by atoms with van der Waals surface area (Å²) in [6.45, 7) is 0. The van der Waals surface area contributed by atoms with Gasteiger partial charge in [0.2, 0.25) is 0 Å². The third-order valence-electron chi connectivity index (χ3n) is 12.0. The van der Waals surface area contributed by atoms with Crippen LogP contribution in [0.5, 0.6) is 0 Å². The summed E-state index contributed by atoms with van der Waals surface area (Å²) < 4.78 is 4.89. The normalized spacial score (nSPS) is 11.5. The van der Waals surface area contributed by atoms with Crippen LogP contribution < -0.4 is 0 Å². The van der Waals surface area contributed by atoms with Crippen LogP contribution in [0, 0.1) is 0 Å². The van der Waals surface area contributed by atoms with Crippen molar-refractivity contribution in [2.75, 3.05) is 0 Å². The molecule has 290 valence electrons. The van der Waals surface area contributed by atoms with E-state index >= 15 is 0 Å². The molecule has 3 heterocycles. The molecular weight excluding hydrogens is 755 g/mol. The van der Waals surface area contributed by atoms with Crippen LogP contribution in [0.25, 0.3) is 111 Å². The minimum Gasteiger partial charge on any atom is -0.309 e. The summed E-state index contributed by atoms with van der Waals surface area (Å²) in [5.41, 5.74) is 14.2. The summed E-state index contributed by atoms with van der Waals surface area (Å²) in [5, 5.41) is 4.81. The summed E-state index contributed by atoms with van der Waals surface area (Å²) in [7, 11) is 0. The standard InChI is InChI=1S/C57H37N5/c1-5-18-38(19-6-1)42-32-34-51(48(37-42)39-20-7-2-8-21-39)62-49-30-15-13-28-45(49)46-33-35-52-53(54(46)62)47-29-14-16-31-50(47)61(52)44-27-17-26-43(36-44)57-59-55(40-22-9-3-10-23-40)58-56(60-57)41-24-11-4-12-25-41/h1-37H. The molecule has 62 heavy (non-hydrogen) atoms. The largest absolute Gasteiger partial charge is 0.309 e. The molecule has 12 aromatic rings. The van der Waals surface area contributed by atoms with Gasteiger partial charge in [0.25, 0.3) is 0 Å². The number of nitrogens with zero attached hydrogens (tertiary/aromatic N) is 5. The zero-order valence-corrected chi connectivity index (χ0v) is 33.6. The van der Waals surface area contributed by atoms with Gasteiger partial charge in [0, 0.05) is 49.5 Å². The second-order valence-corrected chi connectivity index (χ2v) is 15.6. The summed E-state index contributed by atoms with van der Waals surface area (Å²) in [5.74, 6) is 1.90. The third kappa shape index (κ3) is 5.90. The fourth-order valence-corrected chi connectivity index (χ4v) is 9.15. The first-order valence-electron chi connectivity index (χ1n) is 21.0. The minimum atomic E-state index is 0.621. The molecule has 0 aliphatic heterocycles. The first-order valence-corrected chi connectivity index (χ1v) is 21.0. The predicted octanol–water partition coefficient (Wildman–Crippen LogP) is 14.4.